The van der Waals surface area contributed by atoms with Crippen molar-refractivity contribution in [2.75, 3.05) is 12.8 Å². The number of halogens is 1. The fraction of sp³-hybridized carbons (Fsp3) is 0.100. The van der Waals surface area contributed by atoms with Crippen LogP contribution in [0.4, 0.5) is 5.95 Å². The fourth-order valence-electron chi connectivity index (χ4n) is 1.33. The molecule has 0 aliphatic rings. The summed E-state index contributed by atoms with van der Waals surface area (Å²) in [6.45, 7) is 0. The largest absolute Gasteiger partial charge is 0.497 e. The zero-order chi connectivity index (χ0) is 10.8. The van der Waals surface area contributed by atoms with E-state index in [2.05, 4.69) is 9.97 Å². The van der Waals surface area contributed by atoms with Gasteiger partial charge in [-0.1, -0.05) is 23.7 Å². The molecule has 0 saturated carbocycles. The molecule has 0 bridgehead atoms. The van der Waals surface area contributed by atoms with Crippen LogP contribution >= 0.6 is 11.6 Å². The van der Waals surface area contributed by atoms with Crippen molar-refractivity contribution in [1.82, 2.24) is 9.97 Å². The van der Waals surface area contributed by atoms with E-state index < -0.39 is 0 Å². The Labute approximate surface area is 92.0 Å². The van der Waals surface area contributed by atoms with E-state index >= 15 is 0 Å². The van der Waals surface area contributed by atoms with Gasteiger partial charge in [-0.05, 0) is 12.1 Å². The molecule has 1 aromatic carbocycles. The molecule has 0 unspecified atom stereocenters. The van der Waals surface area contributed by atoms with Gasteiger partial charge in [0.15, 0.2) is 5.95 Å². The summed E-state index contributed by atoms with van der Waals surface area (Å²) >= 11 is 5.94. The second-order valence-corrected chi connectivity index (χ2v) is 3.39. The number of hydrogen-bond acceptors (Lipinski definition) is 3. The first kappa shape index (κ1) is 9.86. The second-order valence-electron chi connectivity index (χ2n) is 3.02. The lowest BCUT2D eigenvalue weighted by Gasteiger charge is -2.01. The van der Waals surface area contributed by atoms with E-state index in [1.54, 1.807) is 7.11 Å². The van der Waals surface area contributed by atoms with Crippen molar-refractivity contribution < 1.29 is 4.74 Å². The molecule has 0 aliphatic heterocycles. The van der Waals surface area contributed by atoms with Crippen molar-refractivity contribution in [2.45, 2.75) is 0 Å². The number of ether oxygens (including phenoxy) is 1. The van der Waals surface area contributed by atoms with Gasteiger partial charge in [-0.2, -0.15) is 0 Å². The number of H-pyrrole nitrogens is 1. The third-order valence-electron chi connectivity index (χ3n) is 2.02. The van der Waals surface area contributed by atoms with E-state index in [1.165, 1.54) is 0 Å². The minimum absolute atomic E-state index is 0.304. The summed E-state index contributed by atoms with van der Waals surface area (Å²) in [5.74, 6) is 1.06. The van der Waals surface area contributed by atoms with Crippen LogP contribution < -0.4 is 10.5 Å². The zero-order valence-corrected chi connectivity index (χ0v) is 8.88. The Bertz CT molecular complexity index is 481. The van der Waals surface area contributed by atoms with Gasteiger partial charge in [-0.25, -0.2) is 4.98 Å². The average molecular weight is 224 g/mol. The first-order chi connectivity index (χ1) is 7.20. The molecule has 2 rings (SSSR count). The van der Waals surface area contributed by atoms with Gasteiger partial charge in [0, 0.05) is 5.56 Å². The SMILES string of the molecule is COc1cccc(-c2nc(N)[nH]c2Cl)c1. The molecule has 15 heavy (non-hydrogen) atoms. The summed E-state index contributed by atoms with van der Waals surface area (Å²) in [5.41, 5.74) is 7.01. The normalized spacial score (nSPS) is 10.3. The molecule has 0 spiro atoms. The summed E-state index contributed by atoms with van der Waals surface area (Å²) in [6.07, 6.45) is 0. The van der Waals surface area contributed by atoms with Gasteiger partial charge in [0.2, 0.25) is 0 Å². The Morgan fingerprint density at radius 1 is 1.47 bits per heavy atom. The summed E-state index contributed by atoms with van der Waals surface area (Å²) in [7, 11) is 1.61. The standard InChI is InChI=1S/C10H10ClN3O/c1-15-7-4-2-3-6(5-7)8-9(11)14-10(12)13-8/h2-5H,1H3,(H3,12,13,14). The summed E-state index contributed by atoms with van der Waals surface area (Å²) in [6, 6.07) is 7.47. The van der Waals surface area contributed by atoms with Crippen molar-refractivity contribution in [3.63, 3.8) is 0 Å². The molecular weight excluding hydrogens is 214 g/mol. The van der Waals surface area contributed by atoms with Gasteiger partial charge in [-0.15, -0.1) is 0 Å². The van der Waals surface area contributed by atoms with Crippen molar-refractivity contribution in [3.05, 3.63) is 29.4 Å². The van der Waals surface area contributed by atoms with E-state index in [0.29, 0.717) is 16.8 Å². The predicted molar refractivity (Wildman–Crippen MR) is 60.0 cm³/mol. The minimum Gasteiger partial charge on any atom is -0.497 e. The number of nitrogens with two attached hydrogens (primary N) is 1. The zero-order valence-electron chi connectivity index (χ0n) is 8.12. The molecule has 1 heterocycles. The quantitative estimate of drug-likeness (QED) is 0.821. The monoisotopic (exact) mass is 223 g/mol. The van der Waals surface area contributed by atoms with Crippen LogP contribution in [0.3, 0.4) is 0 Å². The van der Waals surface area contributed by atoms with Gasteiger partial charge in [0.25, 0.3) is 0 Å². The first-order valence-electron chi connectivity index (χ1n) is 4.36. The Balaban J connectivity index is 2.49. The Kier molecular flexibility index (Phi) is 2.51. The van der Waals surface area contributed by atoms with Crippen molar-refractivity contribution in [2.24, 2.45) is 0 Å². The van der Waals surface area contributed by atoms with E-state index in [1.807, 2.05) is 24.3 Å². The maximum Gasteiger partial charge on any atom is 0.199 e. The van der Waals surface area contributed by atoms with E-state index in [9.17, 15) is 0 Å². The number of nitrogen functional groups attached to an aromatic ring is 1. The van der Waals surface area contributed by atoms with Crippen LogP contribution in [0.2, 0.25) is 5.15 Å². The number of methoxy groups -OCH3 is 1. The number of imidazole rings is 1. The average Bonchev–Trinajstić information content (AvgIpc) is 2.58. The Morgan fingerprint density at radius 2 is 2.27 bits per heavy atom. The number of nitrogens with one attached hydrogen (secondary N) is 1. The lowest BCUT2D eigenvalue weighted by Crippen LogP contribution is -1.86. The molecule has 3 N–H and O–H groups in total. The fourth-order valence-corrected chi connectivity index (χ4v) is 1.58. The minimum atomic E-state index is 0.304. The second kappa shape index (κ2) is 3.82. The third-order valence-corrected chi connectivity index (χ3v) is 2.29. The Hall–Kier alpha value is -1.68. The van der Waals surface area contributed by atoms with Crippen LogP contribution in [-0.4, -0.2) is 17.1 Å². The van der Waals surface area contributed by atoms with E-state index in [0.717, 1.165) is 11.3 Å². The van der Waals surface area contributed by atoms with Gasteiger partial charge < -0.3 is 15.5 Å². The van der Waals surface area contributed by atoms with Gasteiger partial charge >= 0.3 is 0 Å². The number of anilines is 1. The molecular formula is C10H10ClN3O. The molecule has 0 saturated heterocycles. The molecule has 5 heteroatoms. The van der Waals surface area contributed by atoms with Crippen LogP contribution in [0.1, 0.15) is 0 Å². The molecule has 0 atom stereocenters. The molecule has 2 aromatic rings. The number of nitrogens with zero attached hydrogens (tertiary/aromatic N) is 1. The highest BCUT2D eigenvalue weighted by Crippen LogP contribution is 2.28. The van der Waals surface area contributed by atoms with Gasteiger partial charge in [0.1, 0.15) is 16.6 Å². The summed E-state index contributed by atoms with van der Waals surface area (Å²) < 4.78 is 5.11. The van der Waals surface area contributed by atoms with Crippen LogP contribution in [0, 0.1) is 0 Å². The van der Waals surface area contributed by atoms with Gasteiger partial charge in [-0.3, -0.25) is 0 Å². The van der Waals surface area contributed by atoms with Crippen molar-refractivity contribution in [3.8, 4) is 17.0 Å². The summed E-state index contributed by atoms with van der Waals surface area (Å²) in [4.78, 5) is 6.83. The number of rotatable bonds is 2. The van der Waals surface area contributed by atoms with Crippen LogP contribution in [0.5, 0.6) is 5.75 Å². The molecule has 0 radical (unpaired) electrons. The van der Waals surface area contributed by atoms with Gasteiger partial charge in [0.05, 0.1) is 7.11 Å². The number of aromatic amines is 1. The highest BCUT2D eigenvalue weighted by molar-refractivity contribution is 6.32. The predicted octanol–water partition coefficient (Wildman–Crippen LogP) is 2.32. The molecule has 4 nitrogen and oxygen atoms in total. The maximum absolute atomic E-state index is 5.94. The number of benzene rings is 1. The van der Waals surface area contributed by atoms with Crippen LogP contribution in [-0.2, 0) is 0 Å². The summed E-state index contributed by atoms with van der Waals surface area (Å²) in [5, 5.41) is 0.431. The molecule has 0 fully saturated rings. The highest BCUT2D eigenvalue weighted by atomic mass is 35.5. The van der Waals surface area contributed by atoms with Crippen LogP contribution in [0.25, 0.3) is 11.3 Å². The smallest absolute Gasteiger partial charge is 0.199 e. The lowest BCUT2D eigenvalue weighted by atomic mass is 10.1. The molecule has 0 amide bonds. The third kappa shape index (κ3) is 1.89. The van der Waals surface area contributed by atoms with Crippen molar-refractivity contribution >= 4 is 17.5 Å². The maximum atomic E-state index is 5.94. The van der Waals surface area contributed by atoms with E-state index in [-0.39, 0.29) is 0 Å². The Morgan fingerprint density at radius 3 is 2.87 bits per heavy atom. The van der Waals surface area contributed by atoms with E-state index in [4.69, 9.17) is 22.1 Å². The number of aromatic nitrogens is 2. The topological polar surface area (TPSA) is 63.9 Å². The van der Waals surface area contributed by atoms with Crippen LogP contribution in [0.15, 0.2) is 24.3 Å². The van der Waals surface area contributed by atoms with Crippen molar-refractivity contribution in [1.29, 1.82) is 0 Å². The highest BCUT2D eigenvalue weighted by Gasteiger charge is 2.09. The molecule has 0 aliphatic carbocycles. The first-order valence-corrected chi connectivity index (χ1v) is 4.74. The molecule has 78 valence electrons. The number of hydrogen-bond donors (Lipinski definition) is 2. The lowest BCUT2D eigenvalue weighted by molar-refractivity contribution is 0.415. The molecule has 1 aromatic heterocycles.